The first-order chi connectivity index (χ1) is 7.97. The number of aryl methyl sites for hydroxylation is 1. The molecule has 4 heteroatoms. The fourth-order valence-electron chi connectivity index (χ4n) is 2.30. The Morgan fingerprint density at radius 1 is 1.41 bits per heavy atom. The topological polar surface area (TPSA) is 29.9 Å². The van der Waals surface area contributed by atoms with Crippen molar-refractivity contribution < 1.29 is 0 Å². The summed E-state index contributed by atoms with van der Waals surface area (Å²) in [5, 5.41) is 4.18. The van der Waals surface area contributed by atoms with Crippen LogP contribution in [0.3, 0.4) is 0 Å². The van der Waals surface area contributed by atoms with E-state index in [-0.39, 0.29) is 5.54 Å². The van der Waals surface area contributed by atoms with Crippen LogP contribution in [-0.4, -0.2) is 16.1 Å². The Labute approximate surface area is 107 Å². The summed E-state index contributed by atoms with van der Waals surface area (Å²) in [6, 6.07) is 5.82. The molecule has 0 saturated heterocycles. The van der Waals surface area contributed by atoms with Gasteiger partial charge in [-0.05, 0) is 32.5 Å². The summed E-state index contributed by atoms with van der Waals surface area (Å²) in [6.45, 7) is 7.26. The number of hydrogen-bond acceptors (Lipinski definition) is 2. The molecule has 0 radical (unpaired) electrons. The summed E-state index contributed by atoms with van der Waals surface area (Å²) >= 11 is 6.22. The van der Waals surface area contributed by atoms with Gasteiger partial charge in [-0.25, -0.2) is 4.98 Å². The highest BCUT2D eigenvalue weighted by Gasteiger charge is 2.25. The molecular weight excluding hydrogens is 234 g/mol. The lowest BCUT2D eigenvalue weighted by atomic mass is 10.1. The monoisotopic (exact) mass is 251 g/mol. The Hall–Kier alpha value is -1.06. The Kier molecular flexibility index (Phi) is 3.15. The van der Waals surface area contributed by atoms with Crippen molar-refractivity contribution in [2.24, 2.45) is 7.05 Å². The zero-order chi connectivity index (χ0) is 12.6. The first-order valence-electron chi connectivity index (χ1n) is 5.84. The second-order valence-electron chi connectivity index (χ2n) is 4.76. The minimum Gasteiger partial charge on any atom is -0.328 e. The maximum atomic E-state index is 6.22. The van der Waals surface area contributed by atoms with Crippen LogP contribution in [-0.2, 0) is 12.6 Å². The van der Waals surface area contributed by atoms with E-state index in [2.05, 4.69) is 35.6 Å². The molecule has 0 aliphatic rings. The zero-order valence-corrected chi connectivity index (χ0v) is 11.5. The highest BCUT2D eigenvalue weighted by atomic mass is 35.5. The standard InChI is InChI=1S/C13H18ClN3/c1-5-15-13(2,3)12-16-10-8-6-7-9(14)11(10)17(12)4/h6-8,15H,5H2,1-4H3. The van der Waals surface area contributed by atoms with Gasteiger partial charge in [0.2, 0.25) is 0 Å². The van der Waals surface area contributed by atoms with Crippen LogP contribution >= 0.6 is 11.6 Å². The SMILES string of the molecule is CCNC(C)(C)c1nc2cccc(Cl)c2n1C. The average molecular weight is 252 g/mol. The number of aromatic nitrogens is 2. The Morgan fingerprint density at radius 2 is 2.12 bits per heavy atom. The quantitative estimate of drug-likeness (QED) is 0.909. The Bertz CT molecular complexity index is 543. The molecule has 0 amide bonds. The Morgan fingerprint density at radius 3 is 2.71 bits per heavy atom. The lowest BCUT2D eigenvalue weighted by molar-refractivity contribution is 0.383. The number of benzene rings is 1. The molecule has 0 atom stereocenters. The van der Waals surface area contributed by atoms with Crippen LogP contribution in [0.15, 0.2) is 18.2 Å². The smallest absolute Gasteiger partial charge is 0.129 e. The molecule has 2 aromatic rings. The molecule has 92 valence electrons. The van der Waals surface area contributed by atoms with E-state index in [1.54, 1.807) is 0 Å². The molecule has 3 nitrogen and oxygen atoms in total. The van der Waals surface area contributed by atoms with E-state index in [1.807, 2.05) is 25.2 Å². The van der Waals surface area contributed by atoms with Gasteiger partial charge in [0.1, 0.15) is 5.82 Å². The van der Waals surface area contributed by atoms with Crippen molar-refractivity contribution in [3.05, 3.63) is 29.0 Å². The fourth-order valence-corrected chi connectivity index (χ4v) is 2.60. The highest BCUT2D eigenvalue weighted by Crippen LogP contribution is 2.28. The lowest BCUT2D eigenvalue weighted by Crippen LogP contribution is -2.38. The molecular formula is C13H18ClN3. The maximum absolute atomic E-state index is 6.22. The largest absolute Gasteiger partial charge is 0.328 e. The van der Waals surface area contributed by atoms with Gasteiger partial charge < -0.3 is 9.88 Å². The van der Waals surface area contributed by atoms with Crippen LogP contribution in [0.25, 0.3) is 11.0 Å². The van der Waals surface area contributed by atoms with Crippen molar-refractivity contribution in [1.29, 1.82) is 0 Å². The molecule has 2 rings (SSSR count). The molecule has 0 aliphatic carbocycles. The number of nitrogens with one attached hydrogen (secondary N) is 1. The van der Waals surface area contributed by atoms with Crippen LogP contribution in [0.4, 0.5) is 0 Å². The van der Waals surface area contributed by atoms with Crippen LogP contribution in [0.5, 0.6) is 0 Å². The number of nitrogens with zero attached hydrogens (tertiary/aromatic N) is 2. The molecule has 17 heavy (non-hydrogen) atoms. The van der Waals surface area contributed by atoms with Crippen molar-refractivity contribution in [3.8, 4) is 0 Å². The molecule has 1 aromatic carbocycles. The second-order valence-corrected chi connectivity index (χ2v) is 5.16. The van der Waals surface area contributed by atoms with Crippen molar-refractivity contribution >= 4 is 22.6 Å². The summed E-state index contributed by atoms with van der Waals surface area (Å²) in [5.74, 6) is 1.00. The predicted octanol–water partition coefficient (Wildman–Crippen LogP) is 3.07. The second kappa shape index (κ2) is 4.31. The molecule has 1 N–H and O–H groups in total. The van der Waals surface area contributed by atoms with E-state index in [9.17, 15) is 0 Å². The minimum absolute atomic E-state index is 0.161. The summed E-state index contributed by atoms with van der Waals surface area (Å²) in [6.07, 6.45) is 0. The molecule has 1 aromatic heterocycles. The van der Waals surface area contributed by atoms with Crippen molar-refractivity contribution in [2.45, 2.75) is 26.3 Å². The van der Waals surface area contributed by atoms with E-state index in [1.165, 1.54) is 0 Å². The van der Waals surface area contributed by atoms with Gasteiger partial charge in [-0.1, -0.05) is 24.6 Å². The molecule has 0 unspecified atom stereocenters. The number of hydrogen-bond donors (Lipinski definition) is 1. The van der Waals surface area contributed by atoms with Crippen molar-refractivity contribution in [1.82, 2.24) is 14.9 Å². The summed E-state index contributed by atoms with van der Waals surface area (Å²) in [7, 11) is 2.01. The molecule has 0 spiro atoms. The first-order valence-corrected chi connectivity index (χ1v) is 6.21. The molecule has 0 aliphatic heterocycles. The van der Waals surface area contributed by atoms with E-state index < -0.39 is 0 Å². The van der Waals surface area contributed by atoms with Crippen LogP contribution in [0, 0.1) is 0 Å². The van der Waals surface area contributed by atoms with Crippen molar-refractivity contribution in [2.75, 3.05) is 6.54 Å². The van der Waals surface area contributed by atoms with Crippen LogP contribution in [0.2, 0.25) is 5.02 Å². The predicted molar refractivity (Wildman–Crippen MR) is 72.4 cm³/mol. The maximum Gasteiger partial charge on any atom is 0.129 e. The van der Waals surface area contributed by atoms with Gasteiger partial charge in [-0.15, -0.1) is 0 Å². The van der Waals surface area contributed by atoms with E-state index in [4.69, 9.17) is 11.6 Å². The summed E-state index contributed by atoms with van der Waals surface area (Å²) in [5.41, 5.74) is 1.78. The first kappa shape index (κ1) is 12.4. The third kappa shape index (κ3) is 2.05. The molecule has 0 fully saturated rings. The van der Waals surface area contributed by atoms with Gasteiger partial charge in [0.05, 0.1) is 21.6 Å². The van der Waals surface area contributed by atoms with Gasteiger partial charge in [0, 0.05) is 7.05 Å². The van der Waals surface area contributed by atoms with Gasteiger partial charge in [0.25, 0.3) is 0 Å². The van der Waals surface area contributed by atoms with E-state index >= 15 is 0 Å². The van der Waals surface area contributed by atoms with E-state index in [0.717, 1.165) is 28.4 Å². The van der Waals surface area contributed by atoms with Crippen LogP contribution < -0.4 is 5.32 Å². The number of halogens is 1. The number of rotatable bonds is 3. The highest BCUT2D eigenvalue weighted by molar-refractivity contribution is 6.35. The third-order valence-corrected chi connectivity index (χ3v) is 3.33. The average Bonchev–Trinajstić information content (AvgIpc) is 2.58. The van der Waals surface area contributed by atoms with Gasteiger partial charge in [-0.3, -0.25) is 0 Å². The van der Waals surface area contributed by atoms with E-state index in [0.29, 0.717) is 0 Å². The normalized spacial score (nSPS) is 12.3. The molecule has 1 heterocycles. The van der Waals surface area contributed by atoms with Crippen LogP contribution in [0.1, 0.15) is 26.6 Å². The Balaban J connectivity index is 2.64. The fraction of sp³-hybridized carbons (Fsp3) is 0.462. The third-order valence-electron chi connectivity index (χ3n) is 3.02. The van der Waals surface area contributed by atoms with Gasteiger partial charge >= 0.3 is 0 Å². The number of para-hydroxylation sites is 1. The number of fused-ring (bicyclic) bond motifs is 1. The van der Waals surface area contributed by atoms with Crippen molar-refractivity contribution in [3.63, 3.8) is 0 Å². The van der Waals surface area contributed by atoms with Gasteiger partial charge in [0.15, 0.2) is 0 Å². The summed E-state index contributed by atoms with van der Waals surface area (Å²) in [4.78, 5) is 4.68. The minimum atomic E-state index is -0.161. The summed E-state index contributed by atoms with van der Waals surface area (Å²) < 4.78 is 2.07. The zero-order valence-electron chi connectivity index (χ0n) is 10.7. The lowest BCUT2D eigenvalue weighted by Gasteiger charge is -2.25. The van der Waals surface area contributed by atoms with Gasteiger partial charge in [-0.2, -0.15) is 0 Å². The molecule has 0 bridgehead atoms. The molecule has 0 saturated carbocycles. The number of imidazole rings is 1.